The molecule has 0 saturated carbocycles. The zero-order chi connectivity index (χ0) is 18.4. The summed E-state index contributed by atoms with van der Waals surface area (Å²) in [4.78, 5) is 0.275. The third-order valence-corrected chi connectivity index (χ3v) is 6.26. The fraction of sp³-hybridized carbons (Fsp3) is 0.143. The van der Waals surface area contributed by atoms with E-state index in [1.54, 1.807) is 24.3 Å². The molecule has 0 aliphatic rings. The molecule has 0 aliphatic heterocycles. The van der Waals surface area contributed by atoms with Crippen molar-refractivity contribution in [2.24, 2.45) is 0 Å². The average Bonchev–Trinajstić information content (AvgIpc) is 2.67. The second kappa shape index (κ2) is 8.62. The Morgan fingerprint density at radius 2 is 1.27 bits per heavy atom. The predicted molar refractivity (Wildman–Crippen MR) is 109 cm³/mol. The molecule has 3 aromatic carbocycles. The molecule has 0 fully saturated rings. The molecular weight excluding hydrogens is 410 g/mol. The number of sulfonamides is 1. The molecule has 5 heteroatoms. The Balaban J connectivity index is 1.73. The van der Waals surface area contributed by atoms with Crippen LogP contribution in [0.4, 0.5) is 0 Å². The van der Waals surface area contributed by atoms with Gasteiger partial charge in [0.05, 0.1) is 4.90 Å². The lowest BCUT2D eigenvalue weighted by Crippen LogP contribution is -2.26. The van der Waals surface area contributed by atoms with Crippen LogP contribution in [0.25, 0.3) is 0 Å². The molecule has 3 rings (SSSR count). The Labute approximate surface area is 163 Å². The lowest BCUT2D eigenvalue weighted by Gasteiger charge is -2.18. The molecule has 0 amide bonds. The van der Waals surface area contributed by atoms with Crippen molar-refractivity contribution in [2.75, 3.05) is 6.54 Å². The third-order valence-electron chi connectivity index (χ3n) is 4.25. The maximum absolute atomic E-state index is 12.5. The van der Waals surface area contributed by atoms with Crippen LogP contribution in [0.15, 0.2) is 94.3 Å². The Morgan fingerprint density at radius 3 is 1.77 bits per heavy atom. The molecule has 0 heterocycles. The highest BCUT2D eigenvalue weighted by atomic mass is 79.9. The number of halogens is 1. The summed E-state index contributed by atoms with van der Waals surface area (Å²) in [5, 5.41) is 0. The number of benzene rings is 3. The van der Waals surface area contributed by atoms with Gasteiger partial charge in [-0.15, -0.1) is 0 Å². The second-order valence-corrected chi connectivity index (χ2v) is 8.70. The molecule has 0 saturated heterocycles. The molecule has 0 aliphatic carbocycles. The van der Waals surface area contributed by atoms with Crippen molar-refractivity contribution in [3.63, 3.8) is 0 Å². The van der Waals surface area contributed by atoms with Crippen LogP contribution < -0.4 is 4.72 Å². The first-order valence-corrected chi connectivity index (χ1v) is 10.7. The summed E-state index contributed by atoms with van der Waals surface area (Å²) in [6.45, 7) is 0.368. The Kier molecular flexibility index (Phi) is 6.25. The molecular formula is C21H20BrNO2S. The molecule has 0 radical (unpaired) electrons. The van der Waals surface area contributed by atoms with Crippen LogP contribution in [0.2, 0.25) is 0 Å². The summed E-state index contributed by atoms with van der Waals surface area (Å²) in [5.74, 6) is 0.144. The van der Waals surface area contributed by atoms with E-state index in [2.05, 4.69) is 44.9 Å². The quantitative estimate of drug-likeness (QED) is 0.577. The summed E-state index contributed by atoms with van der Waals surface area (Å²) in [6, 6.07) is 27.0. The maximum Gasteiger partial charge on any atom is 0.240 e. The highest BCUT2D eigenvalue weighted by Gasteiger charge is 2.17. The average molecular weight is 430 g/mol. The largest absolute Gasteiger partial charge is 0.240 e. The maximum atomic E-state index is 12.5. The highest BCUT2D eigenvalue weighted by Crippen LogP contribution is 2.27. The minimum Gasteiger partial charge on any atom is -0.211 e. The first-order valence-electron chi connectivity index (χ1n) is 8.41. The van der Waals surface area contributed by atoms with Crippen molar-refractivity contribution < 1.29 is 8.42 Å². The van der Waals surface area contributed by atoms with Crippen LogP contribution in [-0.4, -0.2) is 15.0 Å². The summed E-state index contributed by atoms with van der Waals surface area (Å²) < 4.78 is 28.5. The lowest BCUT2D eigenvalue weighted by atomic mass is 9.89. The van der Waals surface area contributed by atoms with Crippen LogP contribution in [0.1, 0.15) is 23.5 Å². The normalized spacial score (nSPS) is 11.6. The van der Waals surface area contributed by atoms with Gasteiger partial charge in [0.15, 0.2) is 0 Å². The smallest absolute Gasteiger partial charge is 0.211 e. The van der Waals surface area contributed by atoms with Gasteiger partial charge in [-0.25, -0.2) is 13.1 Å². The van der Waals surface area contributed by atoms with Crippen LogP contribution >= 0.6 is 15.9 Å². The number of rotatable bonds is 7. The van der Waals surface area contributed by atoms with Crippen LogP contribution in [0, 0.1) is 0 Å². The third kappa shape index (κ3) is 4.81. The van der Waals surface area contributed by atoms with E-state index >= 15 is 0 Å². The van der Waals surface area contributed by atoms with Gasteiger partial charge < -0.3 is 0 Å². The zero-order valence-electron chi connectivity index (χ0n) is 14.2. The van der Waals surface area contributed by atoms with E-state index in [0.29, 0.717) is 13.0 Å². The molecule has 0 bridgehead atoms. The molecule has 0 atom stereocenters. The van der Waals surface area contributed by atoms with Gasteiger partial charge in [-0.05, 0) is 41.8 Å². The summed E-state index contributed by atoms with van der Waals surface area (Å²) in [5.41, 5.74) is 2.36. The van der Waals surface area contributed by atoms with Crippen molar-refractivity contribution in [1.29, 1.82) is 0 Å². The Morgan fingerprint density at radius 1 is 0.769 bits per heavy atom. The predicted octanol–water partition coefficient (Wildman–Crippen LogP) is 4.95. The molecule has 0 unspecified atom stereocenters. The van der Waals surface area contributed by atoms with Gasteiger partial charge in [0, 0.05) is 16.9 Å². The minimum atomic E-state index is -3.51. The topological polar surface area (TPSA) is 46.2 Å². The Bertz CT molecular complexity index is 887. The molecule has 3 aromatic rings. The van der Waals surface area contributed by atoms with E-state index in [9.17, 15) is 8.42 Å². The summed E-state index contributed by atoms with van der Waals surface area (Å²) >= 11 is 3.32. The highest BCUT2D eigenvalue weighted by molar-refractivity contribution is 9.10. The van der Waals surface area contributed by atoms with E-state index in [1.165, 1.54) is 11.1 Å². The van der Waals surface area contributed by atoms with Gasteiger partial charge in [-0.3, -0.25) is 0 Å². The Hall–Kier alpha value is -1.95. The lowest BCUT2D eigenvalue weighted by molar-refractivity contribution is 0.575. The van der Waals surface area contributed by atoms with Crippen molar-refractivity contribution in [3.8, 4) is 0 Å². The van der Waals surface area contributed by atoms with Crippen LogP contribution in [-0.2, 0) is 10.0 Å². The standard InChI is InChI=1S/C21H20BrNO2S/c22-19-11-13-20(14-12-19)26(24,25)23-16-15-21(17-7-3-1-4-8-17)18-9-5-2-6-10-18/h1-14,21,23H,15-16H2. The first kappa shape index (κ1) is 18.8. The molecule has 134 valence electrons. The van der Waals surface area contributed by atoms with Gasteiger partial charge in [0.1, 0.15) is 0 Å². The first-order chi connectivity index (χ1) is 12.6. The van der Waals surface area contributed by atoms with Gasteiger partial charge in [-0.1, -0.05) is 76.6 Å². The van der Waals surface area contributed by atoms with E-state index in [0.717, 1.165) is 4.47 Å². The fourth-order valence-corrected chi connectivity index (χ4v) is 4.24. The fourth-order valence-electron chi connectivity index (χ4n) is 2.93. The number of hydrogen-bond donors (Lipinski definition) is 1. The summed E-state index contributed by atoms with van der Waals surface area (Å²) in [6.07, 6.45) is 0.684. The van der Waals surface area contributed by atoms with Crippen molar-refractivity contribution >= 4 is 26.0 Å². The van der Waals surface area contributed by atoms with Crippen LogP contribution in [0.3, 0.4) is 0 Å². The summed E-state index contributed by atoms with van der Waals surface area (Å²) in [7, 11) is -3.51. The van der Waals surface area contributed by atoms with Crippen molar-refractivity contribution in [3.05, 3.63) is 101 Å². The van der Waals surface area contributed by atoms with E-state index < -0.39 is 10.0 Å². The van der Waals surface area contributed by atoms with Gasteiger partial charge in [0.2, 0.25) is 10.0 Å². The number of nitrogens with one attached hydrogen (secondary N) is 1. The monoisotopic (exact) mass is 429 g/mol. The SMILES string of the molecule is O=S(=O)(NCCC(c1ccccc1)c1ccccc1)c1ccc(Br)cc1. The molecule has 26 heavy (non-hydrogen) atoms. The molecule has 1 N–H and O–H groups in total. The van der Waals surface area contributed by atoms with Gasteiger partial charge >= 0.3 is 0 Å². The van der Waals surface area contributed by atoms with Crippen molar-refractivity contribution in [2.45, 2.75) is 17.2 Å². The van der Waals surface area contributed by atoms with Gasteiger partial charge in [-0.2, -0.15) is 0 Å². The van der Waals surface area contributed by atoms with E-state index in [-0.39, 0.29) is 10.8 Å². The minimum absolute atomic E-state index is 0.144. The zero-order valence-corrected chi connectivity index (χ0v) is 16.6. The van der Waals surface area contributed by atoms with Crippen molar-refractivity contribution in [1.82, 2.24) is 4.72 Å². The molecule has 0 spiro atoms. The number of hydrogen-bond acceptors (Lipinski definition) is 2. The van der Waals surface area contributed by atoms with E-state index in [1.807, 2.05) is 36.4 Å². The molecule has 3 nitrogen and oxygen atoms in total. The van der Waals surface area contributed by atoms with Gasteiger partial charge in [0.25, 0.3) is 0 Å². The molecule has 0 aromatic heterocycles. The van der Waals surface area contributed by atoms with Crippen LogP contribution in [0.5, 0.6) is 0 Å². The second-order valence-electron chi connectivity index (χ2n) is 6.01. The van der Waals surface area contributed by atoms with E-state index in [4.69, 9.17) is 0 Å².